The van der Waals surface area contributed by atoms with Gasteiger partial charge in [-0.3, -0.25) is 4.79 Å². The molecule has 0 radical (unpaired) electrons. The van der Waals surface area contributed by atoms with E-state index in [2.05, 4.69) is 4.74 Å². The Kier molecular flexibility index (Phi) is 7.16. The second-order valence-electron chi connectivity index (χ2n) is 5.29. The number of carbonyl (C=O) groups is 1. The summed E-state index contributed by atoms with van der Waals surface area (Å²) in [6.07, 6.45) is 3.00. The molecule has 0 bridgehead atoms. The highest BCUT2D eigenvalue weighted by Gasteiger charge is 2.13. The molecular formula is C20H20F2O5. The average molecular weight is 378 g/mol. The van der Waals surface area contributed by atoms with Crippen LogP contribution in [0.15, 0.2) is 42.5 Å². The van der Waals surface area contributed by atoms with Gasteiger partial charge in [0, 0.05) is 5.56 Å². The first-order chi connectivity index (χ1) is 13.0. The molecule has 0 saturated carbocycles. The number of halogens is 2. The molecule has 5 nitrogen and oxygen atoms in total. The Hall–Kier alpha value is -3.09. The van der Waals surface area contributed by atoms with Crippen molar-refractivity contribution in [1.29, 1.82) is 0 Å². The maximum absolute atomic E-state index is 12.4. The summed E-state index contributed by atoms with van der Waals surface area (Å²) < 4.78 is 44.8. The molecule has 0 saturated heterocycles. The number of allylic oxidation sites excluding steroid dienone is 1. The van der Waals surface area contributed by atoms with Gasteiger partial charge in [0.05, 0.1) is 20.8 Å². The van der Waals surface area contributed by atoms with Crippen molar-refractivity contribution in [3.8, 4) is 23.0 Å². The van der Waals surface area contributed by atoms with Crippen LogP contribution in [0.3, 0.4) is 0 Å². The van der Waals surface area contributed by atoms with E-state index in [1.807, 2.05) is 6.92 Å². The molecule has 7 heteroatoms. The fourth-order valence-electron chi connectivity index (χ4n) is 2.35. The van der Waals surface area contributed by atoms with Gasteiger partial charge in [0.1, 0.15) is 0 Å². The Labute approximate surface area is 156 Å². The molecule has 144 valence electrons. The van der Waals surface area contributed by atoms with E-state index in [1.165, 1.54) is 31.4 Å². The largest absolute Gasteiger partial charge is 0.493 e. The molecule has 27 heavy (non-hydrogen) atoms. The minimum Gasteiger partial charge on any atom is -0.493 e. The number of alkyl halides is 2. The van der Waals surface area contributed by atoms with Crippen molar-refractivity contribution in [3.63, 3.8) is 0 Å². The number of ether oxygens (including phenoxy) is 4. The Morgan fingerprint density at radius 3 is 2.33 bits per heavy atom. The summed E-state index contributed by atoms with van der Waals surface area (Å²) in [5.41, 5.74) is 1.03. The summed E-state index contributed by atoms with van der Waals surface area (Å²) in [5.74, 6) is 0.775. The van der Waals surface area contributed by atoms with Crippen molar-refractivity contribution in [3.05, 3.63) is 53.6 Å². The van der Waals surface area contributed by atoms with Crippen LogP contribution in [0.4, 0.5) is 8.78 Å². The summed E-state index contributed by atoms with van der Waals surface area (Å²) in [6.45, 7) is -0.634. The topological polar surface area (TPSA) is 54.0 Å². The van der Waals surface area contributed by atoms with Crippen molar-refractivity contribution >= 4 is 11.9 Å². The van der Waals surface area contributed by atoms with E-state index in [0.717, 1.165) is 5.56 Å². The fraction of sp³-hybridized carbons (Fsp3) is 0.250. The van der Waals surface area contributed by atoms with Crippen molar-refractivity contribution < 1.29 is 32.5 Å². The zero-order chi connectivity index (χ0) is 19.8. The second kappa shape index (κ2) is 9.56. The van der Waals surface area contributed by atoms with Gasteiger partial charge in [-0.15, -0.1) is 0 Å². The van der Waals surface area contributed by atoms with Gasteiger partial charge in [-0.25, -0.2) is 0 Å². The van der Waals surface area contributed by atoms with Crippen LogP contribution in [0.25, 0.3) is 6.08 Å². The molecule has 0 spiro atoms. The van der Waals surface area contributed by atoms with Crippen LogP contribution in [0.2, 0.25) is 0 Å². The lowest BCUT2D eigenvalue weighted by Crippen LogP contribution is -2.04. The third-order valence-electron chi connectivity index (χ3n) is 3.58. The van der Waals surface area contributed by atoms with Crippen LogP contribution in [0.5, 0.6) is 23.0 Å². The molecule has 0 aliphatic rings. The highest BCUT2D eigenvalue weighted by Crippen LogP contribution is 2.30. The van der Waals surface area contributed by atoms with Gasteiger partial charge in [0.2, 0.25) is 0 Å². The van der Waals surface area contributed by atoms with Gasteiger partial charge in [0.25, 0.3) is 0 Å². The van der Waals surface area contributed by atoms with Crippen molar-refractivity contribution in [2.45, 2.75) is 13.5 Å². The van der Waals surface area contributed by atoms with Crippen LogP contribution in [0.1, 0.15) is 22.8 Å². The third-order valence-corrected chi connectivity index (χ3v) is 3.58. The summed E-state index contributed by atoms with van der Waals surface area (Å²) >= 11 is 0. The molecule has 0 aliphatic carbocycles. The quantitative estimate of drug-likeness (QED) is 0.472. The van der Waals surface area contributed by atoms with Gasteiger partial charge in [-0.05, 0) is 48.9 Å². The number of rotatable bonds is 9. The molecule has 0 fully saturated rings. The van der Waals surface area contributed by atoms with E-state index in [0.29, 0.717) is 18.1 Å². The summed E-state index contributed by atoms with van der Waals surface area (Å²) in [7, 11) is 2.86. The first-order valence-corrected chi connectivity index (χ1v) is 8.14. The lowest BCUT2D eigenvalue weighted by Gasteiger charge is -2.10. The van der Waals surface area contributed by atoms with E-state index in [1.54, 1.807) is 31.4 Å². The molecule has 0 aliphatic heterocycles. The zero-order valence-electron chi connectivity index (χ0n) is 15.2. The molecule has 2 rings (SSSR count). The van der Waals surface area contributed by atoms with Crippen LogP contribution < -0.4 is 18.9 Å². The van der Waals surface area contributed by atoms with E-state index >= 15 is 0 Å². The Bertz CT molecular complexity index is 818. The average Bonchev–Trinajstić information content (AvgIpc) is 2.66. The maximum atomic E-state index is 12.4. The van der Waals surface area contributed by atoms with Crippen LogP contribution in [0, 0.1) is 0 Å². The van der Waals surface area contributed by atoms with Crippen LogP contribution in [-0.4, -0.2) is 33.2 Å². The molecule has 2 aromatic rings. The number of benzene rings is 2. The molecule has 0 heterocycles. The van der Waals surface area contributed by atoms with Crippen molar-refractivity contribution in [1.82, 2.24) is 0 Å². The summed E-state index contributed by atoms with van der Waals surface area (Å²) in [4.78, 5) is 12.4. The lowest BCUT2D eigenvalue weighted by molar-refractivity contribution is -0.0512. The maximum Gasteiger partial charge on any atom is 0.387 e. The molecule has 0 atom stereocenters. The first-order valence-electron chi connectivity index (χ1n) is 8.14. The number of carbonyl (C=O) groups excluding carboxylic acids is 1. The number of hydrogen-bond donors (Lipinski definition) is 0. The summed E-state index contributed by atoms with van der Waals surface area (Å²) in [6, 6.07) is 9.30. The van der Waals surface area contributed by atoms with Crippen molar-refractivity contribution in [2.24, 2.45) is 0 Å². The molecule has 2 aromatic carbocycles. The number of hydrogen-bond acceptors (Lipinski definition) is 5. The monoisotopic (exact) mass is 378 g/mol. The normalized spacial score (nSPS) is 10.9. The lowest BCUT2D eigenvalue weighted by atomic mass is 10.1. The molecule has 0 N–H and O–H groups in total. The van der Waals surface area contributed by atoms with E-state index in [-0.39, 0.29) is 22.8 Å². The molecular weight excluding hydrogens is 358 g/mol. The van der Waals surface area contributed by atoms with E-state index in [4.69, 9.17) is 14.2 Å². The van der Waals surface area contributed by atoms with Gasteiger partial charge in [0.15, 0.2) is 28.8 Å². The molecule has 0 unspecified atom stereocenters. The SMILES string of the molecule is CCOc1cc(/C=C/C(=O)c2ccc(OC(F)F)c(OC)c2)ccc1OC. The highest BCUT2D eigenvalue weighted by atomic mass is 19.3. The third kappa shape index (κ3) is 5.44. The number of methoxy groups -OCH3 is 2. The summed E-state index contributed by atoms with van der Waals surface area (Å²) in [5, 5.41) is 0. The standard InChI is InChI=1S/C20H20F2O5/c1-4-26-19-11-13(6-9-16(19)24-2)5-8-15(23)14-7-10-17(27-20(21)22)18(12-14)25-3/h5-12,20H,4H2,1-3H3/b8-5+. The first kappa shape index (κ1) is 20.2. The van der Waals surface area contributed by atoms with Gasteiger partial charge in [-0.2, -0.15) is 8.78 Å². The number of ketones is 1. The van der Waals surface area contributed by atoms with Gasteiger partial charge < -0.3 is 18.9 Å². The molecule has 0 amide bonds. The fourth-order valence-corrected chi connectivity index (χ4v) is 2.35. The highest BCUT2D eigenvalue weighted by molar-refractivity contribution is 6.07. The van der Waals surface area contributed by atoms with Gasteiger partial charge >= 0.3 is 6.61 Å². The van der Waals surface area contributed by atoms with Gasteiger partial charge in [-0.1, -0.05) is 12.1 Å². The van der Waals surface area contributed by atoms with Crippen LogP contribution in [-0.2, 0) is 0 Å². The van der Waals surface area contributed by atoms with Crippen molar-refractivity contribution in [2.75, 3.05) is 20.8 Å². The predicted octanol–water partition coefficient (Wildman–Crippen LogP) is 4.60. The molecule has 0 aromatic heterocycles. The smallest absolute Gasteiger partial charge is 0.387 e. The predicted molar refractivity (Wildman–Crippen MR) is 97.2 cm³/mol. The minimum absolute atomic E-state index is 0.0534. The minimum atomic E-state index is -2.98. The Balaban J connectivity index is 2.20. The second-order valence-corrected chi connectivity index (χ2v) is 5.29. The Morgan fingerprint density at radius 1 is 1.00 bits per heavy atom. The van der Waals surface area contributed by atoms with E-state index < -0.39 is 6.61 Å². The van der Waals surface area contributed by atoms with E-state index in [9.17, 15) is 13.6 Å². The Morgan fingerprint density at radius 2 is 1.70 bits per heavy atom. The zero-order valence-corrected chi connectivity index (χ0v) is 15.2. The van der Waals surface area contributed by atoms with Crippen LogP contribution >= 0.6 is 0 Å².